The highest BCUT2D eigenvalue weighted by molar-refractivity contribution is 6.31. The van der Waals surface area contributed by atoms with Crippen LogP contribution in [0, 0.1) is 19.7 Å². The molecule has 0 aliphatic rings. The van der Waals surface area contributed by atoms with Crippen LogP contribution in [0.4, 0.5) is 10.2 Å². The van der Waals surface area contributed by atoms with Crippen LogP contribution in [0.5, 0.6) is 0 Å². The van der Waals surface area contributed by atoms with Crippen molar-refractivity contribution >= 4 is 28.3 Å². The third kappa shape index (κ3) is 4.39. The molecule has 0 aliphatic carbocycles. The Labute approximate surface area is 177 Å². The smallest absolute Gasteiger partial charge is 0.230 e. The average Bonchev–Trinajstić information content (AvgIpc) is 3.10. The molecule has 4 rings (SSSR count). The van der Waals surface area contributed by atoms with Gasteiger partial charge in [0.05, 0.1) is 18.0 Å². The molecule has 1 aromatic carbocycles. The van der Waals surface area contributed by atoms with Gasteiger partial charge in [-0.15, -0.1) is 10.2 Å². The zero-order chi connectivity index (χ0) is 21.3. The molecule has 0 aliphatic heterocycles. The molecular formula is C21H20ClFN6O. The van der Waals surface area contributed by atoms with Crippen molar-refractivity contribution in [1.82, 2.24) is 25.5 Å². The van der Waals surface area contributed by atoms with E-state index in [0.29, 0.717) is 53.1 Å². The number of nitrogens with zero attached hydrogens (tertiary/aromatic N) is 4. The number of nitrogen functional groups attached to an aromatic ring is 1. The lowest BCUT2D eigenvalue weighted by molar-refractivity contribution is 0.438. The first-order valence-corrected chi connectivity index (χ1v) is 9.75. The minimum Gasteiger partial charge on any atom is -0.424 e. The van der Waals surface area contributed by atoms with Gasteiger partial charge in [-0.25, -0.2) is 9.37 Å². The number of pyridine rings is 2. The zero-order valence-corrected chi connectivity index (χ0v) is 17.3. The maximum absolute atomic E-state index is 14.3. The number of fused-ring (bicyclic) bond motifs is 1. The molecule has 0 radical (unpaired) electrons. The first kappa shape index (κ1) is 20.2. The Kier molecular flexibility index (Phi) is 5.61. The first-order chi connectivity index (χ1) is 14.4. The summed E-state index contributed by atoms with van der Waals surface area (Å²) in [7, 11) is 0. The van der Waals surface area contributed by atoms with E-state index < -0.39 is 5.82 Å². The molecule has 0 saturated carbocycles. The molecule has 4 aromatic rings. The SMILES string of the molecule is Cc1cc(N)nc(C)c1CNCc1nnc(Cc2cc(F)c3ncc(Cl)cc3c2)o1. The molecule has 0 atom stereocenters. The molecule has 9 heteroatoms. The van der Waals surface area contributed by atoms with Crippen LogP contribution in [-0.2, 0) is 19.5 Å². The summed E-state index contributed by atoms with van der Waals surface area (Å²) in [4.78, 5) is 8.32. The lowest BCUT2D eigenvalue weighted by Gasteiger charge is -2.10. The van der Waals surface area contributed by atoms with Gasteiger partial charge in [0.1, 0.15) is 17.2 Å². The summed E-state index contributed by atoms with van der Waals surface area (Å²) in [6, 6.07) is 6.76. The molecule has 3 N–H and O–H groups in total. The van der Waals surface area contributed by atoms with Crippen molar-refractivity contribution in [3.05, 3.63) is 75.5 Å². The summed E-state index contributed by atoms with van der Waals surface area (Å²) in [5.74, 6) is 0.957. The number of benzene rings is 1. The standard InChI is InChI=1S/C21H20ClFN6O/c1-11-3-18(24)27-12(2)16(11)9-25-10-20-29-28-19(30-20)6-13-4-14-7-15(22)8-26-21(14)17(23)5-13/h3-5,7-8,25H,6,9-10H2,1-2H3,(H2,24,27). The van der Waals surface area contributed by atoms with Crippen molar-refractivity contribution in [2.75, 3.05) is 5.73 Å². The van der Waals surface area contributed by atoms with E-state index in [9.17, 15) is 4.39 Å². The fraction of sp³-hybridized carbons (Fsp3) is 0.238. The summed E-state index contributed by atoms with van der Waals surface area (Å²) in [6.45, 7) is 4.93. The van der Waals surface area contributed by atoms with Crippen molar-refractivity contribution in [3.8, 4) is 0 Å². The molecule has 0 unspecified atom stereocenters. The summed E-state index contributed by atoms with van der Waals surface area (Å²) in [5.41, 5.74) is 9.79. The molecular weight excluding hydrogens is 407 g/mol. The minimum absolute atomic E-state index is 0.279. The monoisotopic (exact) mass is 426 g/mol. The predicted molar refractivity (Wildman–Crippen MR) is 112 cm³/mol. The van der Waals surface area contributed by atoms with Gasteiger partial charge < -0.3 is 15.5 Å². The molecule has 3 heterocycles. The summed E-state index contributed by atoms with van der Waals surface area (Å²) in [5, 5.41) is 12.5. The van der Waals surface area contributed by atoms with Crippen molar-refractivity contribution in [1.29, 1.82) is 0 Å². The van der Waals surface area contributed by atoms with Crippen molar-refractivity contribution < 1.29 is 8.81 Å². The molecule has 3 aromatic heterocycles. The van der Waals surface area contributed by atoms with Gasteiger partial charge in [-0.1, -0.05) is 11.6 Å². The van der Waals surface area contributed by atoms with E-state index in [-0.39, 0.29) is 5.52 Å². The van der Waals surface area contributed by atoms with Crippen molar-refractivity contribution in [3.63, 3.8) is 0 Å². The van der Waals surface area contributed by atoms with Crippen LogP contribution < -0.4 is 11.1 Å². The first-order valence-electron chi connectivity index (χ1n) is 9.37. The fourth-order valence-corrected chi connectivity index (χ4v) is 3.56. The topological polar surface area (TPSA) is 103 Å². The van der Waals surface area contributed by atoms with E-state index in [4.69, 9.17) is 21.8 Å². The number of nitrogens with one attached hydrogen (secondary N) is 1. The van der Waals surface area contributed by atoms with Crippen LogP contribution in [0.2, 0.25) is 5.02 Å². The van der Waals surface area contributed by atoms with Crippen LogP contribution in [0.15, 0.2) is 34.9 Å². The fourth-order valence-electron chi connectivity index (χ4n) is 3.39. The van der Waals surface area contributed by atoms with Gasteiger partial charge in [0.15, 0.2) is 0 Å². The summed E-state index contributed by atoms with van der Waals surface area (Å²) < 4.78 is 20.0. The number of nitrogens with two attached hydrogens (primary N) is 1. The largest absolute Gasteiger partial charge is 0.424 e. The lowest BCUT2D eigenvalue weighted by atomic mass is 10.1. The second kappa shape index (κ2) is 8.33. The Morgan fingerprint density at radius 1 is 1.10 bits per heavy atom. The van der Waals surface area contributed by atoms with E-state index in [0.717, 1.165) is 16.8 Å². The zero-order valence-electron chi connectivity index (χ0n) is 16.5. The van der Waals surface area contributed by atoms with Crippen LogP contribution >= 0.6 is 11.6 Å². The van der Waals surface area contributed by atoms with Gasteiger partial charge in [0.2, 0.25) is 11.8 Å². The lowest BCUT2D eigenvalue weighted by Crippen LogP contribution is -2.15. The number of aryl methyl sites for hydroxylation is 2. The van der Waals surface area contributed by atoms with E-state index in [1.165, 1.54) is 12.3 Å². The predicted octanol–water partition coefficient (Wildman–Crippen LogP) is 3.88. The van der Waals surface area contributed by atoms with Gasteiger partial charge in [-0.05, 0) is 54.8 Å². The van der Waals surface area contributed by atoms with Gasteiger partial charge in [-0.2, -0.15) is 0 Å². The van der Waals surface area contributed by atoms with Gasteiger partial charge in [0, 0.05) is 23.8 Å². The number of hydrogen-bond acceptors (Lipinski definition) is 7. The normalized spacial score (nSPS) is 11.3. The molecule has 0 amide bonds. The molecule has 0 spiro atoms. The number of aromatic nitrogens is 4. The van der Waals surface area contributed by atoms with Crippen LogP contribution in [0.3, 0.4) is 0 Å². The molecule has 7 nitrogen and oxygen atoms in total. The van der Waals surface area contributed by atoms with Crippen LogP contribution in [-0.4, -0.2) is 20.2 Å². The minimum atomic E-state index is -0.414. The molecule has 154 valence electrons. The van der Waals surface area contributed by atoms with E-state index >= 15 is 0 Å². The third-order valence-corrected chi connectivity index (χ3v) is 4.99. The maximum Gasteiger partial charge on any atom is 0.230 e. The van der Waals surface area contributed by atoms with Crippen molar-refractivity contribution in [2.24, 2.45) is 0 Å². The van der Waals surface area contributed by atoms with Gasteiger partial charge in [0.25, 0.3) is 0 Å². The quantitative estimate of drug-likeness (QED) is 0.482. The Morgan fingerprint density at radius 3 is 2.70 bits per heavy atom. The molecule has 0 bridgehead atoms. The van der Waals surface area contributed by atoms with E-state index in [2.05, 4.69) is 25.5 Å². The maximum atomic E-state index is 14.3. The Morgan fingerprint density at radius 2 is 1.90 bits per heavy atom. The molecule has 0 saturated heterocycles. The number of halogens is 2. The molecule has 0 fully saturated rings. The highest BCUT2D eigenvalue weighted by Gasteiger charge is 2.12. The highest BCUT2D eigenvalue weighted by atomic mass is 35.5. The number of anilines is 1. The summed E-state index contributed by atoms with van der Waals surface area (Å²) >= 11 is 5.96. The second-order valence-electron chi connectivity index (χ2n) is 7.10. The summed E-state index contributed by atoms with van der Waals surface area (Å²) in [6.07, 6.45) is 1.74. The highest BCUT2D eigenvalue weighted by Crippen LogP contribution is 2.22. The van der Waals surface area contributed by atoms with E-state index in [1.807, 2.05) is 26.0 Å². The van der Waals surface area contributed by atoms with Gasteiger partial charge >= 0.3 is 0 Å². The third-order valence-electron chi connectivity index (χ3n) is 4.78. The van der Waals surface area contributed by atoms with Crippen LogP contribution in [0.25, 0.3) is 10.9 Å². The van der Waals surface area contributed by atoms with E-state index in [1.54, 1.807) is 6.07 Å². The van der Waals surface area contributed by atoms with Crippen LogP contribution in [0.1, 0.15) is 34.2 Å². The van der Waals surface area contributed by atoms with Gasteiger partial charge in [-0.3, -0.25) is 4.98 Å². The average molecular weight is 427 g/mol. The second-order valence-corrected chi connectivity index (χ2v) is 7.54. The Bertz CT molecular complexity index is 1200. The Balaban J connectivity index is 1.42. The van der Waals surface area contributed by atoms with Crippen molar-refractivity contribution in [2.45, 2.75) is 33.4 Å². The number of hydrogen-bond donors (Lipinski definition) is 2. The molecule has 30 heavy (non-hydrogen) atoms. The Hall–Kier alpha value is -3.10. The number of rotatable bonds is 6.